The van der Waals surface area contributed by atoms with E-state index >= 15 is 0 Å². The molecular formula is C21H24N2O3. The SMILES string of the molecule is Cc1ccc(CNC(=O)c2ccc(C(=O)NCC3CCCO3)cc2)cc1. The molecule has 0 saturated carbocycles. The number of aryl methyl sites for hydroxylation is 1. The molecule has 136 valence electrons. The van der Waals surface area contributed by atoms with Crippen LogP contribution in [0.4, 0.5) is 0 Å². The van der Waals surface area contributed by atoms with Crippen LogP contribution < -0.4 is 10.6 Å². The first-order valence-electron chi connectivity index (χ1n) is 8.95. The van der Waals surface area contributed by atoms with E-state index < -0.39 is 0 Å². The highest BCUT2D eigenvalue weighted by Crippen LogP contribution is 2.11. The second-order valence-electron chi connectivity index (χ2n) is 6.59. The molecule has 0 aliphatic carbocycles. The van der Waals surface area contributed by atoms with Gasteiger partial charge in [0, 0.05) is 30.8 Å². The minimum atomic E-state index is -0.156. The van der Waals surface area contributed by atoms with Crippen LogP contribution in [0.15, 0.2) is 48.5 Å². The van der Waals surface area contributed by atoms with Crippen molar-refractivity contribution >= 4 is 11.8 Å². The van der Waals surface area contributed by atoms with Gasteiger partial charge in [0.1, 0.15) is 0 Å². The zero-order valence-corrected chi connectivity index (χ0v) is 15.0. The lowest BCUT2D eigenvalue weighted by Gasteiger charge is -2.11. The zero-order chi connectivity index (χ0) is 18.4. The minimum absolute atomic E-state index is 0.116. The van der Waals surface area contributed by atoms with Gasteiger partial charge in [0.15, 0.2) is 0 Å². The Hall–Kier alpha value is -2.66. The summed E-state index contributed by atoms with van der Waals surface area (Å²) in [7, 11) is 0. The fraction of sp³-hybridized carbons (Fsp3) is 0.333. The van der Waals surface area contributed by atoms with Crippen LogP contribution in [0.25, 0.3) is 0 Å². The van der Waals surface area contributed by atoms with Gasteiger partial charge in [-0.25, -0.2) is 0 Å². The van der Waals surface area contributed by atoms with Crippen LogP contribution in [-0.4, -0.2) is 31.1 Å². The molecule has 0 radical (unpaired) electrons. The highest BCUT2D eigenvalue weighted by molar-refractivity contribution is 5.97. The summed E-state index contributed by atoms with van der Waals surface area (Å²) in [6.07, 6.45) is 2.15. The van der Waals surface area contributed by atoms with E-state index in [4.69, 9.17) is 4.74 Å². The lowest BCUT2D eigenvalue weighted by molar-refractivity contribution is 0.0857. The first-order valence-corrected chi connectivity index (χ1v) is 8.95. The number of nitrogens with one attached hydrogen (secondary N) is 2. The number of ether oxygens (including phenoxy) is 1. The molecule has 2 amide bonds. The normalized spacial score (nSPS) is 16.3. The molecule has 1 fully saturated rings. The highest BCUT2D eigenvalue weighted by Gasteiger charge is 2.16. The van der Waals surface area contributed by atoms with Gasteiger partial charge >= 0.3 is 0 Å². The van der Waals surface area contributed by atoms with Crippen LogP contribution in [-0.2, 0) is 11.3 Å². The minimum Gasteiger partial charge on any atom is -0.376 e. The van der Waals surface area contributed by atoms with E-state index in [-0.39, 0.29) is 17.9 Å². The second-order valence-corrected chi connectivity index (χ2v) is 6.59. The van der Waals surface area contributed by atoms with Crippen molar-refractivity contribution < 1.29 is 14.3 Å². The van der Waals surface area contributed by atoms with Gasteiger partial charge in [0.2, 0.25) is 0 Å². The third-order valence-electron chi connectivity index (χ3n) is 4.50. The molecule has 5 heteroatoms. The number of carbonyl (C=O) groups excluding carboxylic acids is 2. The molecule has 1 aliphatic rings. The van der Waals surface area contributed by atoms with Crippen molar-refractivity contribution in [2.45, 2.75) is 32.4 Å². The summed E-state index contributed by atoms with van der Waals surface area (Å²) in [6.45, 7) is 3.80. The maximum Gasteiger partial charge on any atom is 0.251 e. The third-order valence-corrected chi connectivity index (χ3v) is 4.50. The van der Waals surface area contributed by atoms with Crippen LogP contribution in [0, 0.1) is 6.92 Å². The summed E-state index contributed by atoms with van der Waals surface area (Å²) in [5.41, 5.74) is 3.31. The van der Waals surface area contributed by atoms with E-state index in [2.05, 4.69) is 10.6 Å². The van der Waals surface area contributed by atoms with Crippen molar-refractivity contribution in [3.05, 3.63) is 70.8 Å². The highest BCUT2D eigenvalue weighted by atomic mass is 16.5. The fourth-order valence-corrected chi connectivity index (χ4v) is 2.88. The molecule has 0 aromatic heterocycles. The number of hydrogen-bond acceptors (Lipinski definition) is 3. The molecule has 26 heavy (non-hydrogen) atoms. The van der Waals surface area contributed by atoms with Gasteiger partial charge in [0.25, 0.3) is 11.8 Å². The third kappa shape index (κ3) is 4.92. The second kappa shape index (κ2) is 8.63. The standard InChI is InChI=1S/C21H24N2O3/c1-15-4-6-16(7-5-15)13-22-20(24)17-8-10-18(11-9-17)21(25)23-14-19-3-2-12-26-19/h4-11,19H,2-3,12-14H2,1H3,(H,22,24)(H,23,25). The van der Waals surface area contributed by atoms with Crippen LogP contribution in [0.1, 0.15) is 44.7 Å². The van der Waals surface area contributed by atoms with Crippen molar-refractivity contribution in [1.82, 2.24) is 10.6 Å². The maximum atomic E-state index is 12.2. The Balaban J connectivity index is 1.50. The molecule has 1 atom stereocenters. The lowest BCUT2D eigenvalue weighted by Crippen LogP contribution is -2.31. The summed E-state index contributed by atoms with van der Waals surface area (Å²) >= 11 is 0. The van der Waals surface area contributed by atoms with E-state index in [1.807, 2.05) is 31.2 Å². The predicted octanol–water partition coefficient (Wildman–Crippen LogP) is 2.83. The Labute approximate surface area is 153 Å². The van der Waals surface area contributed by atoms with Gasteiger partial charge in [-0.3, -0.25) is 9.59 Å². The Morgan fingerprint density at radius 3 is 2.15 bits per heavy atom. The topological polar surface area (TPSA) is 67.4 Å². The Morgan fingerprint density at radius 1 is 0.962 bits per heavy atom. The molecule has 1 saturated heterocycles. The molecule has 2 N–H and O–H groups in total. The maximum absolute atomic E-state index is 12.2. The molecule has 2 aromatic carbocycles. The molecule has 3 rings (SSSR count). The number of carbonyl (C=O) groups is 2. The van der Waals surface area contributed by atoms with Crippen LogP contribution in [0.2, 0.25) is 0 Å². The summed E-state index contributed by atoms with van der Waals surface area (Å²) in [5.74, 6) is -0.302. The summed E-state index contributed by atoms with van der Waals surface area (Å²) in [4.78, 5) is 24.4. The van der Waals surface area contributed by atoms with Crippen LogP contribution in [0.5, 0.6) is 0 Å². The Kier molecular flexibility index (Phi) is 6.02. The molecule has 0 bridgehead atoms. The van der Waals surface area contributed by atoms with Gasteiger partial charge in [-0.15, -0.1) is 0 Å². The fourth-order valence-electron chi connectivity index (χ4n) is 2.88. The zero-order valence-electron chi connectivity index (χ0n) is 15.0. The average molecular weight is 352 g/mol. The first kappa shape index (κ1) is 18.1. The van der Waals surface area contributed by atoms with Crippen molar-refractivity contribution in [2.75, 3.05) is 13.2 Å². The van der Waals surface area contributed by atoms with Gasteiger partial charge in [-0.05, 0) is 49.6 Å². The smallest absolute Gasteiger partial charge is 0.251 e. The van der Waals surface area contributed by atoms with E-state index in [1.165, 1.54) is 5.56 Å². The predicted molar refractivity (Wildman–Crippen MR) is 100 cm³/mol. The van der Waals surface area contributed by atoms with Crippen LogP contribution in [0.3, 0.4) is 0 Å². The molecule has 1 aliphatic heterocycles. The summed E-state index contributed by atoms with van der Waals surface area (Å²) in [5, 5.41) is 5.77. The Bertz CT molecular complexity index is 748. The number of hydrogen-bond donors (Lipinski definition) is 2. The number of amides is 2. The van der Waals surface area contributed by atoms with Gasteiger partial charge in [-0.2, -0.15) is 0 Å². The summed E-state index contributed by atoms with van der Waals surface area (Å²) in [6, 6.07) is 14.7. The van der Waals surface area contributed by atoms with Gasteiger partial charge in [-0.1, -0.05) is 29.8 Å². The van der Waals surface area contributed by atoms with Crippen LogP contribution >= 0.6 is 0 Å². The molecule has 2 aromatic rings. The molecule has 5 nitrogen and oxygen atoms in total. The summed E-state index contributed by atoms with van der Waals surface area (Å²) < 4.78 is 5.49. The van der Waals surface area contributed by atoms with E-state index in [1.54, 1.807) is 24.3 Å². The van der Waals surface area contributed by atoms with Crippen molar-refractivity contribution in [1.29, 1.82) is 0 Å². The van der Waals surface area contributed by atoms with E-state index in [0.29, 0.717) is 24.2 Å². The number of benzene rings is 2. The van der Waals surface area contributed by atoms with Crippen molar-refractivity contribution in [3.8, 4) is 0 Å². The number of rotatable bonds is 6. The van der Waals surface area contributed by atoms with Crippen molar-refractivity contribution in [3.63, 3.8) is 0 Å². The first-order chi connectivity index (χ1) is 12.6. The van der Waals surface area contributed by atoms with Gasteiger partial charge < -0.3 is 15.4 Å². The van der Waals surface area contributed by atoms with E-state index in [0.717, 1.165) is 25.0 Å². The van der Waals surface area contributed by atoms with Crippen molar-refractivity contribution in [2.24, 2.45) is 0 Å². The molecule has 1 unspecified atom stereocenters. The molecule has 1 heterocycles. The molecule has 0 spiro atoms. The van der Waals surface area contributed by atoms with Gasteiger partial charge in [0.05, 0.1) is 6.10 Å². The Morgan fingerprint density at radius 2 is 1.58 bits per heavy atom. The quantitative estimate of drug-likeness (QED) is 0.840. The monoisotopic (exact) mass is 352 g/mol. The van der Waals surface area contributed by atoms with E-state index in [9.17, 15) is 9.59 Å². The molecular weight excluding hydrogens is 328 g/mol. The lowest BCUT2D eigenvalue weighted by atomic mass is 10.1. The average Bonchev–Trinajstić information content (AvgIpc) is 3.19. The largest absolute Gasteiger partial charge is 0.376 e.